The molecule has 0 bridgehead atoms. The molecule has 1 atom stereocenters. The second-order valence-corrected chi connectivity index (χ2v) is 17.2. The van der Waals surface area contributed by atoms with E-state index in [1.54, 1.807) is 50.6 Å². The fourth-order valence-corrected chi connectivity index (χ4v) is 9.39. The standard InChI is InChI=1S/C45H53N7O11S/c1-49(2)24-31-34(60-4)21-27(22-35(31)61-5)30-25-50(3)43(57)29-23-37(64-40(29)30)48-41(55)26-11-15-51(16-12-26)38(54)13-17-62-19-20-63-18-14-46-32-8-6-7-28-39(32)45(59)52(44(28)58)33-9-10-36(53)47-42(33)56/h6-8,21-23,25-26,33,46H,9-20,24H2,1-5H3,(H,48,55)(H,47,53,56). The van der Waals surface area contributed by atoms with Gasteiger partial charge in [0.05, 0.1) is 78.8 Å². The minimum absolute atomic E-state index is 0.0420. The van der Waals surface area contributed by atoms with E-state index in [9.17, 15) is 33.6 Å². The van der Waals surface area contributed by atoms with Crippen molar-refractivity contribution in [3.63, 3.8) is 0 Å². The first-order valence-electron chi connectivity index (χ1n) is 21.1. The molecule has 3 aliphatic heterocycles. The monoisotopic (exact) mass is 899 g/mol. The van der Waals surface area contributed by atoms with Crippen LogP contribution in [0, 0.1) is 5.92 Å². The number of ether oxygens (including phenoxy) is 4. The molecule has 5 heterocycles. The van der Waals surface area contributed by atoms with Gasteiger partial charge < -0.3 is 43.9 Å². The lowest BCUT2D eigenvalue weighted by Crippen LogP contribution is -2.54. The smallest absolute Gasteiger partial charge is 0.264 e. The molecule has 2 aromatic carbocycles. The summed E-state index contributed by atoms with van der Waals surface area (Å²) in [6, 6.07) is 9.41. The number of aryl methyl sites for hydroxylation is 1. The van der Waals surface area contributed by atoms with E-state index in [0.717, 1.165) is 26.3 Å². The first-order chi connectivity index (χ1) is 30.8. The van der Waals surface area contributed by atoms with Crippen molar-refractivity contribution in [2.24, 2.45) is 13.0 Å². The van der Waals surface area contributed by atoms with Gasteiger partial charge in [-0.1, -0.05) is 6.07 Å². The normalized spacial score (nSPS) is 16.7. The number of likely N-dealkylation sites (tertiary alicyclic amines) is 1. The number of fused-ring (bicyclic) bond motifs is 2. The van der Waals surface area contributed by atoms with E-state index >= 15 is 0 Å². The second kappa shape index (κ2) is 20.1. The van der Waals surface area contributed by atoms with Crippen molar-refractivity contribution >= 4 is 67.6 Å². The number of benzene rings is 2. The van der Waals surface area contributed by atoms with Crippen molar-refractivity contribution in [2.45, 2.75) is 44.7 Å². The van der Waals surface area contributed by atoms with Crippen LogP contribution in [-0.4, -0.2) is 135 Å². The topological polar surface area (TPSA) is 207 Å². The van der Waals surface area contributed by atoms with Crippen molar-refractivity contribution in [3.8, 4) is 22.6 Å². The summed E-state index contributed by atoms with van der Waals surface area (Å²) in [6.07, 6.45) is 3.11. The van der Waals surface area contributed by atoms with Crippen molar-refractivity contribution in [2.75, 3.05) is 85.0 Å². The first kappa shape index (κ1) is 45.9. The summed E-state index contributed by atoms with van der Waals surface area (Å²) >= 11 is 1.34. The number of carbonyl (C=O) groups excluding carboxylic acids is 6. The van der Waals surface area contributed by atoms with E-state index < -0.39 is 29.7 Å². The highest BCUT2D eigenvalue weighted by atomic mass is 32.1. The van der Waals surface area contributed by atoms with Crippen LogP contribution in [0.5, 0.6) is 11.5 Å². The quantitative estimate of drug-likeness (QED) is 0.0968. The average Bonchev–Trinajstić information content (AvgIpc) is 3.81. The number of amides is 6. The zero-order valence-corrected chi connectivity index (χ0v) is 37.4. The van der Waals surface area contributed by atoms with Gasteiger partial charge in [0, 0.05) is 63.0 Å². The summed E-state index contributed by atoms with van der Waals surface area (Å²) < 4.78 is 25.1. The summed E-state index contributed by atoms with van der Waals surface area (Å²) in [5, 5.41) is 9.42. The van der Waals surface area contributed by atoms with Crippen LogP contribution in [-0.2, 0) is 42.2 Å². The first-order valence-corrected chi connectivity index (χ1v) is 22.0. The van der Waals surface area contributed by atoms with E-state index in [1.807, 2.05) is 31.1 Å². The van der Waals surface area contributed by atoms with E-state index in [-0.39, 0.29) is 80.1 Å². The molecular weight excluding hydrogens is 847 g/mol. The SMILES string of the molecule is COc1cc(-c2cn(C)c(=O)c3cc(NC(=O)C4CCN(C(=O)CCOCCOCCNc5cccc6c5C(=O)N(C5CCC(=O)NC5=O)C6=O)CC4)sc23)cc(OC)c1CN(C)C. The van der Waals surface area contributed by atoms with Gasteiger partial charge in [-0.25, -0.2) is 0 Å². The van der Waals surface area contributed by atoms with Crippen molar-refractivity contribution in [1.29, 1.82) is 0 Å². The average molecular weight is 900 g/mol. The number of aromatic nitrogens is 1. The van der Waals surface area contributed by atoms with Crippen LogP contribution in [0.4, 0.5) is 10.7 Å². The summed E-state index contributed by atoms with van der Waals surface area (Å²) in [7, 11) is 8.87. The van der Waals surface area contributed by atoms with Crippen molar-refractivity contribution in [3.05, 3.63) is 69.6 Å². The van der Waals surface area contributed by atoms with E-state index in [2.05, 4.69) is 16.0 Å². The molecule has 19 heteroatoms. The predicted octanol–water partition coefficient (Wildman–Crippen LogP) is 3.46. The molecule has 3 N–H and O–H groups in total. The molecule has 64 heavy (non-hydrogen) atoms. The molecule has 2 saturated heterocycles. The Morgan fingerprint density at radius 2 is 1.59 bits per heavy atom. The molecule has 1 unspecified atom stereocenters. The Morgan fingerprint density at radius 3 is 2.27 bits per heavy atom. The lowest BCUT2D eigenvalue weighted by molar-refractivity contribution is -0.136. The Labute approximate surface area is 373 Å². The lowest BCUT2D eigenvalue weighted by atomic mass is 9.96. The zero-order chi connectivity index (χ0) is 45.7. The molecule has 2 fully saturated rings. The Bertz CT molecular complexity index is 2500. The number of piperidine rings is 2. The van der Waals surface area contributed by atoms with Gasteiger partial charge in [-0.2, -0.15) is 0 Å². The van der Waals surface area contributed by atoms with Gasteiger partial charge in [-0.3, -0.25) is 43.8 Å². The van der Waals surface area contributed by atoms with Gasteiger partial charge in [0.2, 0.25) is 23.6 Å². The molecule has 4 aromatic rings. The number of anilines is 2. The van der Waals surface area contributed by atoms with Crippen LogP contribution in [0.25, 0.3) is 21.2 Å². The third-order valence-corrected chi connectivity index (χ3v) is 12.7. The summed E-state index contributed by atoms with van der Waals surface area (Å²) in [6.45, 7) is 2.84. The summed E-state index contributed by atoms with van der Waals surface area (Å²) in [5.74, 6) is -1.44. The highest BCUT2D eigenvalue weighted by Crippen LogP contribution is 2.41. The number of nitrogens with zero attached hydrogens (tertiary/aromatic N) is 4. The Balaban J connectivity index is 0.826. The maximum Gasteiger partial charge on any atom is 0.264 e. The molecule has 340 valence electrons. The fourth-order valence-electron chi connectivity index (χ4n) is 8.30. The van der Waals surface area contributed by atoms with Crippen LogP contribution in [0.2, 0.25) is 0 Å². The van der Waals surface area contributed by atoms with Crippen molar-refractivity contribution in [1.82, 2.24) is 24.6 Å². The largest absolute Gasteiger partial charge is 0.496 e. The highest BCUT2D eigenvalue weighted by Gasteiger charge is 2.45. The molecule has 0 saturated carbocycles. The molecule has 3 aliphatic rings. The Morgan fingerprint density at radius 1 is 0.891 bits per heavy atom. The summed E-state index contributed by atoms with van der Waals surface area (Å²) in [4.78, 5) is 94.7. The molecule has 7 rings (SSSR count). The number of methoxy groups -OCH3 is 2. The minimum Gasteiger partial charge on any atom is -0.496 e. The lowest BCUT2D eigenvalue weighted by Gasteiger charge is -2.31. The number of hydrogen-bond donors (Lipinski definition) is 3. The van der Waals surface area contributed by atoms with Gasteiger partial charge in [0.1, 0.15) is 17.5 Å². The van der Waals surface area contributed by atoms with Crippen LogP contribution in [0.3, 0.4) is 0 Å². The molecular formula is C45H53N7O11S. The van der Waals surface area contributed by atoms with Crippen LogP contribution in [0.1, 0.15) is 58.4 Å². The third-order valence-electron chi connectivity index (χ3n) is 11.6. The van der Waals surface area contributed by atoms with Gasteiger partial charge in [-0.05, 0) is 69.3 Å². The molecule has 0 spiro atoms. The molecule has 2 aromatic heterocycles. The second-order valence-electron chi connectivity index (χ2n) is 16.1. The molecule has 6 amide bonds. The number of thiophene rings is 1. The van der Waals surface area contributed by atoms with Crippen LogP contribution >= 0.6 is 11.3 Å². The van der Waals surface area contributed by atoms with Crippen molar-refractivity contribution < 1.29 is 47.7 Å². The Kier molecular flexibility index (Phi) is 14.4. The van der Waals surface area contributed by atoms with E-state index in [0.29, 0.717) is 66.6 Å². The number of imide groups is 2. The maximum atomic E-state index is 13.5. The predicted molar refractivity (Wildman–Crippen MR) is 239 cm³/mol. The van der Waals surface area contributed by atoms with E-state index in [1.165, 1.54) is 22.0 Å². The van der Waals surface area contributed by atoms with Gasteiger partial charge in [-0.15, -0.1) is 11.3 Å². The van der Waals surface area contributed by atoms with Gasteiger partial charge >= 0.3 is 0 Å². The fraction of sp³-hybridized carbons (Fsp3) is 0.444. The number of nitrogens with one attached hydrogen (secondary N) is 3. The minimum atomic E-state index is -1.04. The molecule has 0 radical (unpaired) electrons. The Hall–Kier alpha value is -6.15. The zero-order valence-electron chi connectivity index (χ0n) is 36.6. The number of rotatable bonds is 18. The van der Waals surface area contributed by atoms with Gasteiger partial charge in [0.25, 0.3) is 17.4 Å². The van der Waals surface area contributed by atoms with Crippen LogP contribution in [0.15, 0.2) is 47.4 Å². The molecule has 0 aliphatic carbocycles. The molecule has 18 nitrogen and oxygen atoms in total. The van der Waals surface area contributed by atoms with E-state index in [4.69, 9.17) is 18.9 Å². The number of pyridine rings is 1. The van der Waals surface area contributed by atoms with Gasteiger partial charge in [0.15, 0.2) is 0 Å². The number of hydrogen-bond acceptors (Lipinski definition) is 14. The van der Waals surface area contributed by atoms with Crippen LogP contribution < -0.4 is 31.0 Å². The summed E-state index contributed by atoms with van der Waals surface area (Å²) in [5.41, 5.74) is 3.16. The highest BCUT2D eigenvalue weighted by molar-refractivity contribution is 7.23. The third kappa shape index (κ3) is 9.81. The number of carbonyl (C=O) groups is 6. The maximum absolute atomic E-state index is 13.5.